The lowest BCUT2D eigenvalue weighted by Gasteiger charge is -2.25. The molecule has 1 amide bonds. The molecule has 0 saturated carbocycles. The largest absolute Gasteiger partial charge is 0.361 e. The highest BCUT2D eigenvalue weighted by molar-refractivity contribution is 5.98. The minimum absolute atomic E-state index is 0.0147. The molecule has 0 bridgehead atoms. The molecule has 2 aromatic carbocycles. The summed E-state index contributed by atoms with van der Waals surface area (Å²) in [5, 5.41) is 4.31. The Bertz CT molecular complexity index is 834. The molecule has 4 rings (SSSR count). The normalized spacial score (nSPS) is 17.2. The van der Waals surface area contributed by atoms with Gasteiger partial charge in [-0.3, -0.25) is 4.79 Å². The molecule has 1 aliphatic rings. The number of nitrogens with one attached hydrogen (secondary N) is 2. The molecule has 0 spiro atoms. The van der Waals surface area contributed by atoms with Crippen molar-refractivity contribution in [1.29, 1.82) is 0 Å². The van der Waals surface area contributed by atoms with Crippen LogP contribution in [0.4, 0.5) is 0 Å². The number of aromatic nitrogens is 1. The lowest BCUT2D eigenvalue weighted by atomic mass is 9.88. The van der Waals surface area contributed by atoms with Crippen molar-refractivity contribution in [3.8, 4) is 0 Å². The van der Waals surface area contributed by atoms with Crippen LogP contribution in [0.25, 0.3) is 10.9 Å². The molecule has 1 heterocycles. The second kappa shape index (κ2) is 5.34. The minimum Gasteiger partial charge on any atom is -0.361 e. The molecule has 3 heteroatoms. The number of aryl methyl sites for hydroxylation is 1. The van der Waals surface area contributed by atoms with Crippen molar-refractivity contribution in [2.75, 3.05) is 0 Å². The van der Waals surface area contributed by atoms with Gasteiger partial charge in [0.2, 0.25) is 0 Å². The van der Waals surface area contributed by atoms with Gasteiger partial charge in [-0.1, -0.05) is 30.3 Å². The number of amides is 1. The van der Waals surface area contributed by atoms with Gasteiger partial charge >= 0.3 is 0 Å². The fourth-order valence-corrected chi connectivity index (χ4v) is 3.28. The lowest BCUT2D eigenvalue weighted by Crippen LogP contribution is -2.38. The first kappa shape index (κ1) is 13.1. The first-order valence-corrected chi connectivity index (χ1v) is 7.74. The van der Waals surface area contributed by atoms with E-state index in [-0.39, 0.29) is 11.9 Å². The summed E-state index contributed by atoms with van der Waals surface area (Å²) in [6.07, 6.45) is 4.86. The molecule has 3 nitrogen and oxygen atoms in total. The van der Waals surface area contributed by atoms with Crippen LogP contribution in [-0.4, -0.2) is 16.9 Å². The highest BCUT2D eigenvalue weighted by atomic mass is 16.1. The molecule has 0 saturated heterocycles. The third-order valence-electron chi connectivity index (χ3n) is 4.50. The Balaban J connectivity index is 1.50. The van der Waals surface area contributed by atoms with Crippen molar-refractivity contribution in [2.24, 2.45) is 0 Å². The molecule has 110 valence electrons. The maximum absolute atomic E-state index is 12.5. The Morgan fingerprint density at radius 2 is 1.95 bits per heavy atom. The van der Waals surface area contributed by atoms with Gasteiger partial charge in [-0.15, -0.1) is 0 Å². The molecule has 2 N–H and O–H groups in total. The zero-order chi connectivity index (χ0) is 14.9. The van der Waals surface area contributed by atoms with E-state index in [0.29, 0.717) is 5.56 Å². The quantitative estimate of drug-likeness (QED) is 0.746. The smallest absolute Gasteiger partial charge is 0.251 e. The van der Waals surface area contributed by atoms with Crippen molar-refractivity contribution >= 4 is 16.8 Å². The summed E-state index contributed by atoms with van der Waals surface area (Å²) in [7, 11) is 0. The van der Waals surface area contributed by atoms with Gasteiger partial charge in [0.1, 0.15) is 0 Å². The van der Waals surface area contributed by atoms with Crippen molar-refractivity contribution in [1.82, 2.24) is 10.3 Å². The molecule has 1 atom stereocenters. The third kappa shape index (κ3) is 2.39. The van der Waals surface area contributed by atoms with Gasteiger partial charge in [0, 0.05) is 23.3 Å². The van der Waals surface area contributed by atoms with Crippen LogP contribution >= 0.6 is 0 Å². The summed E-state index contributed by atoms with van der Waals surface area (Å²) >= 11 is 0. The van der Waals surface area contributed by atoms with Crippen LogP contribution in [0, 0.1) is 0 Å². The number of hydrogen-bond donors (Lipinski definition) is 2. The van der Waals surface area contributed by atoms with Crippen LogP contribution in [-0.2, 0) is 12.8 Å². The van der Waals surface area contributed by atoms with E-state index in [1.165, 1.54) is 11.1 Å². The van der Waals surface area contributed by atoms with E-state index in [1.54, 1.807) is 0 Å². The van der Waals surface area contributed by atoms with Crippen molar-refractivity contribution in [3.05, 3.63) is 71.4 Å². The van der Waals surface area contributed by atoms with Crippen molar-refractivity contribution in [3.63, 3.8) is 0 Å². The number of carbonyl (C=O) groups excluding carboxylic acids is 1. The van der Waals surface area contributed by atoms with Gasteiger partial charge in [0.25, 0.3) is 5.91 Å². The summed E-state index contributed by atoms with van der Waals surface area (Å²) < 4.78 is 0. The summed E-state index contributed by atoms with van der Waals surface area (Å²) in [5.41, 5.74) is 4.50. The average Bonchev–Trinajstić information content (AvgIpc) is 3.02. The zero-order valence-corrected chi connectivity index (χ0v) is 12.3. The first-order chi connectivity index (χ1) is 10.8. The van der Waals surface area contributed by atoms with E-state index >= 15 is 0 Å². The predicted octanol–water partition coefficient (Wildman–Crippen LogP) is 3.46. The third-order valence-corrected chi connectivity index (χ3v) is 4.50. The molecule has 0 fully saturated rings. The first-order valence-electron chi connectivity index (χ1n) is 7.74. The predicted molar refractivity (Wildman–Crippen MR) is 88.0 cm³/mol. The number of fused-ring (bicyclic) bond motifs is 2. The zero-order valence-electron chi connectivity index (χ0n) is 12.3. The Labute approximate surface area is 129 Å². The summed E-state index contributed by atoms with van der Waals surface area (Å²) in [5.74, 6) is 0.0147. The summed E-state index contributed by atoms with van der Waals surface area (Å²) in [6.45, 7) is 0. The molecular formula is C19H18N2O. The van der Waals surface area contributed by atoms with E-state index in [2.05, 4.69) is 34.6 Å². The Hall–Kier alpha value is -2.55. The second-order valence-corrected chi connectivity index (χ2v) is 5.96. The second-order valence-electron chi connectivity index (χ2n) is 5.96. The molecule has 3 aromatic rings. The number of benzene rings is 2. The number of carbonyl (C=O) groups is 1. The van der Waals surface area contributed by atoms with Crippen LogP contribution in [0.5, 0.6) is 0 Å². The molecule has 1 aliphatic carbocycles. The highest BCUT2D eigenvalue weighted by Gasteiger charge is 2.20. The van der Waals surface area contributed by atoms with Crippen LogP contribution in [0.2, 0.25) is 0 Å². The van der Waals surface area contributed by atoms with Crippen molar-refractivity contribution in [2.45, 2.75) is 25.3 Å². The number of hydrogen-bond acceptors (Lipinski definition) is 1. The lowest BCUT2D eigenvalue weighted by molar-refractivity contribution is 0.0934. The van der Waals surface area contributed by atoms with Gasteiger partial charge < -0.3 is 10.3 Å². The van der Waals surface area contributed by atoms with Gasteiger partial charge in [0.15, 0.2) is 0 Å². The van der Waals surface area contributed by atoms with E-state index in [0.717, 1.165) is 30.2 Å². The Kier molecular flexibility index (Phi) is 3.19. The minimum atomic E-state index is 0.0147. The standard InChI is InChI=1S/C19H18N2O/c22-19(16-6-5-14-9-10-20-18(14)12-16)21-17-8-7-13-3-1-2-4-15(13)11-17/h1-6,9-10,12,17,20H,7-8,11H2,(H,21,22)/t17-/m0/s1. The van der Waals surface area contributed by atoms with Crippen molar-refractivity contribution < 1.29 is 4.79 Å². The number of rotatable bonds is 2. The molecule has 0 aliphatic heterocycles. The molecule has 22 heavy (non-hydrogen) atoms. The van der Waals surface area contributed by atoms with Gasteiger partial charge in [0.05, 0.1) is 0 Å². The maximum Gasteiger partial charge on any atom is 0.251 e. The molecule has 1 aromatic heterocycles. The Morgan fingerprint density at radius 1 is 1.09 bits per heavy atom. The van der Waals surface area contributed by atoms with Crippen LogP contribution in [0.15, 0.2) is 54.7 Å². The topological polar surface area (TPSA) is 44.9 Å². The molecular weight excluding hydrogens is 272 g/mol. The van der Waals surface area contributed by atoms with E-state index < -0.39 is 0 Å². The maximum atomic E-state index is 12.5. The van der Waals surface area contributed by atoms with Gasteiger partial charge in [-0.05, 0) is 54.0 Å². The summed E-state index contributed by atoms with van der Waals surface area (Å²) in [4.78, 5) is 15.6. The van der Waals surface area contributed by atoms with E-state index in [1.807, 2.05) is 30.5 Å². The van der Waals surface area contributed by atoms with E-state index in [9.17, 15) is 4.79 Å². The number of aromatic amines is 1. The van der Waals surface area contributed by atoms with Gasteiger partial charge in [-0.25, -0.2) is 0 Å². The van der Waals surface area contributed by atoms with Crippen LogP contribution < -0.4 is 5.32 Å². The monoisotopic (exact) mass is 290 g/mol. The number of H-pyrrole nitrogens is 1. The van der Waals surface area contributed by atoms with E-state index in [4.69, 9.17) is 0 Å². The van der Waals surface area contributed by atoms with Crippen LogP contribution in [0.3, 0.4) is 0 Å². The fraction of sp³-hybridized carbons (Fsp3) is 0.211. The highest BCUT2D eigenvalue weighted by Crippen LogP contribution is 2.21. The van der Waals surface area contributed by atoms with Crippen LogP contribution in [0.1, 0.15) is 27.9 Å². The molecule has 0 radical (unpaired) electrons. The molecule has 0 unspecified atom stereocenters. The Morgan fingerprint density at radius 3 is 2.86 bits per heavy atom. The summed E-state index contributed by atoms with van der Waals surface area (Å²) in [6, 6.07) is 16.5. The van der Waals surface area contributed by atoms with Gasteiger partial charge in [-0.2, -0.15) is 0 Å². The SMILES string of the molecule is O=C(N[C@H]1CCc2ccccc2C1)c1ccc2cc[nH]c2c1. The fourth-order valence-electron chi connectivity index (χ4n) is 3.28. The average molecular weight is 290 g/mol.